The highest BCUT2D eigenvalue weighted by Crippen LogP contribution is 2.42. The van der Waals surface area contributed by atoms with E-state index in [2.05, 4.69) is 15.7 Å². The molecule has 1 aromatic heterocycles. The van der Waals surface area contributed by atoms with Gasteiger partial charge >= 0.3 is 6.03 Å². The predicted molar refractivity (Wildman–Crippen MR) is 96.8 cm³/mol. The number of para-hydroxylation sites is 1. The zero-order valence-electron chi connectivity index (χ0n) is 15.0. The van der Waals surface area contributed by atoms with Crippen molar-refractivity contribution in [2.45, 2.75) is 31.8 Å². The van der Waals surface area contributed by atoms with Gasteiger partial charge in [-0.05, 0) is 37.8 Å². The highest BCUT2D eigenvalue weighted by molar-refractivity contribution is 6.09. The molecule has 140 valence electrons. The summed E-state index contributed by atoms with van der Waals surface area (Å²) in [6, 6.07) is 9.14. The van der Waals surface area contributed by atoms with E-state index < -0.39 is 11.6 Å². The van der Waals surface area contributed by atoms with Crippen LogP contribution in [0.4, 0.5) is 4.79 Å². The topological polar surface area (TPSA) is 96.3 Å². The number of aromatic nitrogens is 2. The van der Waals surface area contributed by atoms with E-state index in [-0.39, 0.29) is 30.8 Å². The first-order valence-corrected chi connectivity index (χ1v) is 8.97. The lowest BCUT2D eigenvalue weighted by Crippen LogP contribution is -2.46. The van der Waals surface area contributed by atoms with E-state index in [1.807, 2.05) is 36.5 Å². The maximum atomic E-state index is 12.5. The Morgan fingerprint density at radius 3 is 2.74 bits per heavy atom. The minimum atomic E-state index is -0.867. The number of amides is 4. The average molecular weight is 367 g/mol. The van der Waals surface area contributed by atoms with E-state index in [4.69, 9.17) is 0 Å². The number of imide groups is 1. The third-order valence-electron chi connectivity index (χ3n) is 5.14. The van der Waals surface area contributed by atoms with E-state index >= 15 is 0 Å². The molecule has 1 atom stereocenters. The molecular formula is C19H21N5O3. The summed E-state index contributed by atoms with van der Waals surface area (Å²) < 4.78 is 1.72. The second kappa shape index (κ2) is 6.53. The minimum Gasteiger partial charge on any atom is -0.350 e. The fourth-order valence-electron chi connectivity index (χ4n) is 3.37. The molecule has 8 heteroatoms. The van der Waals surface area contributed by atoms with Gasteiger partial charge in [0.05, 0.1) is 11.9 Å². The molecule has 0 radical (unpaired) electrons. The number of carbonyl (C=O) groups is 3. The highest BCUT2D eigenvalue weighted by Gasteiger charge is 2.56. The summed E-state index contributed by atoms with van der Waals surface area (Å²) in [7, 11) is 0. The van der Waals surface area contributed by atoms with Crippen LogP contribution in [0.1, 0.15) is 25.3 Å². The van der Waals surface area contributed by atoms with Gasteiger partial charge in [0.25, 0.3) is 5.91 Å². The van der Waals surface area contributed by atoms with Crippen LogP contribution >= 0.6 is 0 Å². The van der Waals surface area contributed by atoms with Gasteiger partial charge in [-0.2, -0.15) is 5.10 Å². The van der Waals surface area contributed by atoms with Gasteiger partial charge in [-0.25, -0.2) is 9.48 Å². The quantitative estimate of drug-likeness (QED) is 0.750. The van der Waals surface area contributed by atoms with Crippen LogP contribution in [0.3, 0.4) is 0 Å². The van der Waals surface area contributed by atoms with Gasteiger partial charge in [-0.3, -0.25) is 14.5 Å². The molecule has 1 aromatic carbocycles. The number of hydrogen-bond acceptors (Lipinski definition) is 4. The molecule has 1 aliphatic carbocycles. The van der Waals surface area contributed by atoms with Crippen LogP contribution in [0.2, 0.25) is 0 Å². The second-order valence-corrected chi connectivity index (χ2v) is 7.20. The van der Waals surface area contributed by atoms with Crippen LogP contribution in [-0.2, 0) is 16.1 Å². The summed E-state index contributed by atoms with van der Waals surface area (Å²) in [6.07, 6.45) is 5.35. The Kier molecular flexibility index (Phi) is 4.18. The summed E-state index contributed by atoms with van der Waals surface area (Å²) in [6.45, 7) is 1.73. The molecule has 1 unspecified atom stereocenters. The lowest BCUT2D eigenvalue weighted by molar-refractivity contribution is -0.135. The van der Waals surface area contributed by atoms with Crippen LogP contribution in [0, 0.1) is 5.92 Å². The van der Waals surface area contributed by atoms with E-state index in [1.54, 1.807) is 17.8 Å². The molecule has 27 heavy (non-hydrogen) atoms. The molecule has 2 fully saturated rings. The fraction of sp³-hybridized carbons (Fsp3) is 0.368. The molecule has 1 saturated heterocycles. The van der Waals surface area contributed by atoms with Crippen LogP contribution in [-0.4, -0.2) is 44.6 Å². The Morgan fingerprint density at radius 2 is 2.04 bits per heavy atom. The number of urea groups is 1. The van der Waals surface area contributed by atoms with Crippen molar-refractivity contribution in [2.24, 2.45) is 5.92 Å². The van der Waals surface area contributed by atoms with Crippen molar-refractivity contribution < 1.29 is 14.4 Å². The Balaban J connectivity index is 1.33. The predicted octanol–water partition coefficient (Wildman–Crippen LogP) is 1.21. The van der Waals surface area contributed by atoms with Crippen LogP contribution in [0.5, 0.6) is 0 Å². The number of benzene rings is 1. The maximum Gasteiger partial charge on any atom is 0.325 e. The van der Waals surface area contributed by atoms with Crippen LogP contribution < -0.4 is 10.6 Å². The molecule has 1 aliphatic heterocycles. The summed E-state index contributed by atoms with van der Waals surface area (Å²) in [4.78, 5) is 37.9. The normalized spacial score (nSPS) is 22.0. The number of hydrogen-bond donors (Lipinski definition) is 2. The second-order valence-electron chi connectivity index (χ2n) is 7.20. The van der Waals surface area contributed by atoms with Crippen molar-refractivity contribution in [2.75, 3.05) is 6.54 Å². The van der Waals surface area contributed by atoms with E-state index in [0.29, 0.717) is 0 Å². The Hall–Kier alpha value is -3.16. The minimum absolute atomic E-state index is 0.172. The van der Waals surface area contributed by atoms with Gasteiger partial charge in [0, 0.05) is 18.3 Å². The smallest absolute Gasteiger partial charge is 0.325 e. The summed E-state index contributed by atoms with van der Waals surface area (Å²) >= 11 is 0. The van der Waals surface area contributed by atoms with E-state index in [1.165, 1.54) is 0 Å². The van der Waals surface area contributed by atoms with Crippen LogP contribution in [0.15, 0.2) is 42.7 Å². The largest absolute Gasteiger partial charge is 0.350 e. The first kappa shape index (κ1) is 17.3. The van der Waals surface area contributed by atoms with Crippen molar-refractivity contribution in [3.05, 3.63) is 48.3 Å². The van der Waals surface area contributed by atoms with E-state index in [9.17, 15) is 14.4 Å². The van der Waals surface area contributed by atoms with Gasteiger partial charge in [-0.1, -0.05) is 18.2 Å². The fourth-order valence-corrected chi connectivity index (χ4v) is 3.37. The molecule has 4 rings (SSSR count). The van der Waals surface area contributed by atoms with Crippen LogP contribution in [0.25, 0.3) is 5.69 Å². The monoisotopic (exact) mass is 367 g/mol. The SMILES string of the molecule is CC1(C2CC2)NC(=O)N(CC(=O)NCc2cnn(-c3ccccc3)c2)C1=O. The van der Waals surface area contributed by atoms with Gasteiger partial charge in [-0.15, -0.1) is 0 Å². The molecule has 0 spiro atoms. The summed E-state index contributed by atoms with van der Waals surface area (Å²) in [5.74, 6) is -0.529. The maximum absolute atomic E-state index is 12.5. The average Bonchev–Trinajstić information content (AvgIpc) is 3.38. The first-order valence-electron chi connectivity index (χ1n) is 8.97. The lowest BCUT2D eigenvalue weighted by atomic mass is 9.96. The molecule has 4 amide bonds. The van der Waals surface area contributed by atoms with Gasteiger partial charge in [0.15, 0.2) is 0 Å². The molecule has 2 N–H and O–H groups in total. The highest BCUT2D eigenvalue weighted by atomic mass is 16.2. The zero-order valence-corrected chi connectivity index (χ0v) is 15.0. The number of nitrogens with zero attached hydrogens (tertiary/aromatic N) is 3. The molecule has 8 nitrogen and oxygen atoms in total. The molecule has 2 aromatic rings. The molecule has 0 bridgehead atoms. The Bertz CT molecular complexity index is 890. The van der Waals surface area contributed by atoms with Crippen molar-refractivity contribution in [1.82, 2.24) is 25.3 Å². The standard InChI is InChI=1S/C19H21N5O3/c1-19(14-7-8-14)17(26)23(18(27)22-19)12-16(25)20-9-13-10-21-24(11-13)15-5-3-2-4-6-15/h2-6,10-11,14H,7-9,12H2,1H3,(H,20,25)(H,22,27). The van der Waals surface area contributed by atoms with E-state index in [0.717, 1.165) is 29.0 Å². The van der Waals surface area contributed by atoms with Crippen molar-refractivity contribution in [3.8, 4) is 5.69 Å². The molecule has 2 aliphatic rings. The van der Waals surface area contributed by atoms with Crippen molar-refractivity contribution in [3.63, 3.8) is 0 Å². The van der Waals surface area contributed by atoms with Gasteiger partial charge in [0.2, 0.25) is 5.91 Å². The van der Waals surface area contributed by atoms with Gasteiger partial charge < -0.3 is 10.6 Å². The Labute approximate surface area is 156 Å². The van der Waals surface area contributed by atoms with Crippen molar-refractivity contribution in [1.29, 1.82) is 0 Å². The molecule has 1 saturated carbocycles. The van der Waals surface area contributed by atoms with Gasteiger partial charge in [0.1, 0.15) is 12.1 Å². The number of rotatable bonds is 6. The summed E-state index contributed by atoms with van der Waals surface area (Å²) in [5.41, 5.74) is 0.884. The summed E-state index contributed by atoms with van der Waals surface area (Å²) in [5, 5.41) is 9.75. The third kappa shape index (κ3) is 3.30. The molecular weight excluding hydrogens is 346 g/mol. The molecule has 2 heterocycles. The van der Waals surface area contributed by atoms with Crippen molar-refractivity contribution >= 4 is 17.8 Å². The lowest BCUT2D eigenvalue weighted by Gasteiger charge is -2.20. The number of carbonyl (C=O) groups excluding carboxylic acids is 3. The first-order chi connectivity index (χ1) is 13.0. The zero-order chi connectivity index (χ0) is 19.0. The Morgan fingerprint density at radius 1 is 1.30 bits per heavy atom. The third-order valence-corrected chi connectivity index (χ3v) is 5.14. The number of nitrogens with one attached hydrogen (secondary N) is 2.